The van der Waals surface area contributed by atoms with Gasteiger partial charge in [-0.2, -0.15) is 0 Å². The Balaban J connectivity index is 1.60. The van der Waals surface area contributed by atoms with E-state index in [-0.39, 0.29) is 5.41 Å². The van der Waals surface area contributed by atoms with Gasteiger partial charge in [-0.25, -0.2) is 0 Å². The van der Waals surface area contributed by atoms with Crippen LogP contribution in [0.25, 0.3) is 21.9 Å². The van der Waals surface area contributed by atoms with Crippen molar-refractivity contribution in [2.24, 2.45) is 0 Å². The number of nitrogens with zero attached hydrogens (tertiary/aromatic N) is 1. The summed E-state index contributed by atoms with van der Waals surface area (Å²) in [5.41, 5.74) is 10.3. The maximum Gasteiger partial charge on any atom is 0.0540 e. The molecule has 0 aliphatic heterocycles. The minimum atomic E-state index is -0.0281. The van der Waals surface area contributed by atoms with E-state index < -0.39 is 0 Å². The van der Waals surface area contributed by atoms with Crippen molar-refractivity contribution in [1.82, 2.24) is 0 Å². The molecule has 0 spiro atoms. The van der Waals surface area contributed by atoms with E-state index in [0.717, 1.165) is 0 Å². The Labute approximate surface area is 195 Å². The summed E-state index contributed by atoms with van der Waals surface area (Å²) in [6.07, 6.45) is 0. The second-order valence-corrected chi connectivity index (χ2v) is 9.52. The molecular formula is C32H27N. The molecule has 1 nitrogen and oxygen atoms in total. The van der Waals surface area contributed by atoms with E-state index in [9.17, 15) is 0 Å². The number of fused-ring (bicyclic) bond motifs is 4. The summed E-state index contributed by atoms with van der Waals surface area (Å²) in [6, 6.07) is 39.7. The quantitative estimate of drug-likeness (QED) is 0.279. The number of para-hydroxylation sites is 1. The molecule has 0 saturated heterocycles. The maximum atomic E-state index is 2.40. The lowest BCUT2D eigenvalue weighted by Crippen LogP contribution is -2.16. The standard InChI is InChI=1S/C32H27N/c1-22-11-9-16-28-25(22)15-10-18-31(28)33(23-12-5-4-6-13-23)24-19-20-27-26-14-7-8-17-29(26)32(2,3)30(27)21-24/h4-21H,1-3H3. The highest BCUT2D eigenvalue weighted by Crippen LogP contribution is 2.50. The van der Waals surface area contributed by atoms with Crippen molar-refractivity contribution < 1.29 is 0 Å². The van der Waals surface area contributed by atoms with E-state index in [4.69, 9.17) is 0 Å². The van der Waals surface area contributed by atoms with Crippen molar-refractivity contribution in [2.45, 2.75) is 26.2 Å². The van der Waals surface area contributed by atoms with Crippen LogP contribution in [0.5, 0.6) is 0 Å². The van der Waals surface area contributed by atoms with Gasteiger partial charge in [0.2, 0.25) is 0 Å². The highest BCUT2D eigenvalue weighted by molar-refractivity contribution is 6.00. The number of hydrogen-bond donors (Lipinski definition) is 0. The highest BCUT2D eigenvalue weighted by atomic mass is 15.1. The summed E-state index contributed by atoms with van der Waals surface area (Å²) in [7, 11) is 0. The summed E-state index contributed by atoms with van der Waals surface area (Å²) in [4.78, 5) is 2.40. The van der Waals surface area contributed by atoms with E-state index in [0.29, 0.717) is 0 Å². The number of benzene rings is 5. The number of aryl methyl sites for hydroxylation is 1. The summed E-state index contributed by atoms with van der Waals surface area (Å²) in [5, 5.41) is 2.56. The molecular weight excluding hydrogens is 398 g/mol. The first-order valence-corrected chi connectivity index (χ1v) is 11.6. The lowest BCUT2D eigenvalue weighted by atomic mass is 9.82. The second-order valence-electron chi connectivity index (χ2n) is 9.52. The van der Waals surface area contributed by atoms with E-state index >= 15 is 0 Å². The fraction of sp³-hybridized carbons (Fsp3) is 0.125. The van der Waals surface area contributed by atoms with Crippen LogP contribution in [0, 0.1) is 6.92 Å². The number of anilines is 3. The van der Waals surface area contributed by atoms with Crippen LogP contribution in [-0.2, 0) is 5.41 Å². The van der Waals surface area contributed by atoms with Crippen molar-refractivity contribution in [3.63, 3.8) is 0 Å². The third kappa shape index (κ3) is 3.00. The summed E-state index contributed by atoms with van der Waals surface area (Å²) >= 11 is 0. The second kappa shape index (κ2) is 7.35. The van der Waals surface area contributed by atoms with Gasteiger partial charge in [-0.15, -0.1) is 0 Å². The van der Waals surface area contributed by atoms with Crippen LogP contribution in [0.4, 0.5) is 17.1 Å². The first kappa shape index (κ1) is 19.8. The van der Waals surface area contributed by atoms with Crippen molar-refractivity contribution in [2.75, 3.05) is 4.90 Å². The monoisotopic (exact) mass is 425 g/mol. The molecule has 0 N–H and O–H groups in total. The average molecular weight is 426 g/mol. The maximum absolute atomic E-state index is 2.40. The lowest BCUT2D eigenvalue weighted by molar-refractivity contribution is 0.660. The van der Waals surface area contributed by atoms with Crippen LogP contribution < -0.4 is 4.90 Å². The molecule has 160 valence electrons. The van der Waals surface area contributed by atoms with Gasteiger partial charge in [0.25, 0.3) is 0 Å². The molecule has 1 heteroatoms. The zero-order chi connectivity index (χ0) is 22.6. The number of hydrogen-bond acceptors (Lipinski definition) is 1. The zero-order valence-corrected chi connectivity index (χ0v) is 19.3. The van der Waals surface area contributed by atoms with Gasteiger partial charge in [-0.05, 0) is 70.5 Å². The van der Waals surface area contributed by atoms with Crippen LogP contribution in [0.3, 0.4) is 0 Å². The van der Waals surface area contributed by atoms with E-state index in [2.05, 4.69) is 135 Å². The van der Waals surface area contributed by atoms with Crippen LogP contribution >= 0.6 is 0 Å². The summed E-state index contributed by atoms with van der Waals surface area (Å²) in [6.45, 7) is 6.87. The minimum Gasteiger partial charge on any atom is -0.310 e. The predicted molar refractivity (Wildman–Crippen MR) is 141 cm³/mol. The largest absolute Gasteiger partial charge is 0.310 e. The molecule has 0 saturated carbocycles. The van der Waals surface area contributed by atoms with Crippen LogP contribution in [0.2, 0.25) is 0 Å². The van der Waals surface area contributed by atoms with Gasteiger partial charge < -0.3 is 4.90 Å². The molecule has 0 radical (unpaired) electrons. The SMILES string of the molecule is Cc1cccc2c(N(c3ccccc3)c3ccc4c(c3)C(C)(C)c3ccccc3-4)cccc12. The van der Waals surface area contributed by atoms with Crippen molar-refractivity contribution >= 4 is 27.8 Å². The highest BCUT2D eigenvalue weighted by Gasteiger charge is 2.35. The lowest BCUT2D eigenvalue weighted by Gasteiger charge is -2.29. The third-order valence-electron chi connectivity index (χ3n) is 7.20. The minimum absolute atomic E-state index is 0.0281. The Morgan fingerprint density at radius 1 is 0.545 bits per heavy atom. The Morgan fingerprint density at radius 2 is 1.24 bits per heavy atom. The van der Waals surface area contributed by atoms with E-state index in [1.807, 2.05) is 0 Å². The Hall–Kier alpha value is -3.84. The molecule has 0 amide bonds. The molecule has 1 aliphatic carbocycles. The van der Waals surface area contributed by atoms with Crippen LogP contribution in [0.1, 0.15) is 30.5 Å². The Bertz CT molecular complexity index is 1490. The molecule has 0 unspecified atom stereocenters. The van der Waals surface area contributed by atoms with Gasteiger partial charge in [-0.3, -0.25) is 0 Å². The number of rotatable bonds is 3. The molecule has 6 rings (SSSR count). The van der Waals surface area contributed by atoms with E-state index in [1.165, 1.54) is 55.7 Å². The third-order valence-corrected chi connectivity index (χ3v) is 7.20. The fourth-order valence-corrected chi connectivity index (χ4v) is 5.48. The van der Waals surface area contributed by atoms with Crippen molar-refractivity contribution in [3.8, 4) is 11.1 Å². The molecule has 1 aliphatic rings. The van der Waals surface area contributed by atoms with Gasteiger partial charge in [0, 0.05) is 22.2 Å². The molecule has 5 aromatic rings. The van der Waals surface area contributed by atoms with Crippen molar-refractivity contribution in [1.29, 1.82) is 0 Å². The molecule has 0 bridgehead atoms. The van der Waals surface area contributed by atoms with Crippen LogP contribution in [0.15, 0.2) is 109 Å². The van der Waals surface area contributed by atoms with Gasteiger partial charge in [0.05, 0.1) is 5.69 Å². The summed E-state index contributed by atoms with van der Waals surface area (Å²) in [5.74, 6) is 0. The smallest absolute Gasteiger partial charge is 0.0540 e. The van der Waals surface area contributed by atoms with Crippen LogP contribution in [-0.4, -0.2) is 0 Å². The topological polar surface area (TPSA) is 3.24 Å². The van der Waals surface area contributed by atoms with Gasteiger partial charge in [0.1, 0.15) is 0 Å². The molecule has 0 fully saturated rings. The average Bonchev–Trinajstić information content (AvgIpc) is 3.07. The Morgan fingerprint density at radius 3 is 2.09 bits per heavy atom. The zero-order valence-electron chi connectivity index (χ0n) is 19.3. The van der Waals surface area contributed by atoms with Crippen molar-refractivity contribution in [3.05, 3.63) is 126 Å². The fourth-order valence-electron chi connectivity index (χ4n) is 5.48. The first-order valence-electron chi connectivity index (χ1n) is 11.6. The molecule has 0 atom stereocenters. The van der Waals surface area contributed by atoms with Gasteiger partial charge in [0.15, 0.2) is 0 Å². The summed E-state index contributed by atoms with van der Waals surface area (Å²) < 4.78 is 0. The van der Waals surface area contributed by atoms with Gasteiger partial charge >= 0.3 is 0 Å². The van der Waals surface area contributed by atoms with Gasteiger partial charge in [-0.1, -0.05) is 92.7 Å². The normalized spacial score (nSPS) is 13.5. The Kier molecular flexibility index (Phi) is 4.41. The van der Waals surface area contributed by atoms with E-state index in [1.54, 1.807) is 0 Å². The molecule has 33 heavy (non-hydrogen) atoms. The molecule has 0 aromatic heterocycles. The molecule has 0 heterocycles. The molecule has 5 aromatic carbocycles. The first-order chi connectivity index (χ1) is 16.1. The predicted octanol–water partition coefficient (Wildman–Crippen LogP) is 8.92.